The Morgan fingerprint density at radius 1 is 0.731 bits per heavy atom. The zero-order valence-electron chi connectivity index (χ0n) is 16.8. The number of hydrogen-bond donors (Lipinski definition) is 0. The summed E-state index contributed by atoms with van der Waals surface area (Å²) in [6.07, 6.45) is 0. The monoisotopic (exact) mass is 406 g/mol. The molecule has 0 N–H and O–H groups in total. The molecule has 10 aliphatic heterocycles. The molecule has 0 radical (unpaired) electrons. The van der Waals surface area contributed by atoms with Crippen LogP contribution < -0.4 is 0 Å². The van der Waals surface area contributed by atoms with Crippen molar-refractivity contribution in [2.45, 2.75) is 98.8 Å². The Kier molecular flexibility index (Phi) is 0.660. The van der Waals surface area contributed by atoms with Gasteiger partial charge >= 0.3 is 149 Å². The molecule has 10 fully saturated rings. The molecule has 0 amide bonds. The second-order valence-corrected chi connectivity index (χ2v) is 43.5. The molecule has 1 aromatic carbocycles. The Balaban J connectivity index is 1.35. The van der Waals surface area contributed by atoms with Crippen LogP contribution in [0.15, 0.2) is 30.3 Å². The standard InChI is InChI=1S/C13H22P.C11H9.Fe/c1-12(2,3)14(13(4,5)6)11-9-7-8-10-11;1-2-6-10(7-3-1)11-8-4-5-9-11;/h7-10H,1-6H3;1-9H;. The van der Waals surface area contributed by atoms with Crippen LogP contribution in [-0.2, 0) is 10.8 Å². The molecule has 8 unspecified atom stereocenters. The average molecular weight is 406 g/mol. The zero-order valence-corrected chi connectivity index (χ0v) is 18.8. The van der Waals surface area contributed by atoms with E-state index in [2.05, 4.69) is 71.9 Å². The third-order valence-electron chi connectivity index (χ3n) is 17.6. The summed E-state index contributed by atoms with van der Waals surface area (Å²) in [5, 5.41) is 1.09. The van der Waals surface area contributed by atoms with E-state index in [0.717, 1.165) is 8.37 Å². The van der Waals surface area contributed by atoms with Crippen LogP contribution in [0.3, 0.4) is 0 Å². The molecule has 0 aliphatic carbocycles. The van der Waals surface area contributed by atoms with Crippen LogP contribution in [0.5, 0.6) is 0 Å². The van der Waals surface area contributed by atoms with Gasteiger partial charge in [0.25, 0.3) is 0 Å². The van der Waals surface area contributed by atoms with Crippen LogP contribution in [0.1, 0.15) is 47.1 Å². The van der Waals surface area contributed by atoms with E-state index in [9.17, 15) is 0 Å². The predicted octanol–water partition coefficient (Wildman–Crippen LogP) is 7.47. The van der Waals surface area contributed by atoms with Gasteiger partial charge in [-0.2, -0.15) is 0 Å². The second-order valence-electron chi connectivity index (χ2n) is 15.8. The van der Waals surface area contributed by atoms with Gasteiger partial charge in [-0.3, -0.25) is 0 Å². The van der Waals surface area contributed by atoms with Crippen molar-refractivity contribution in [3.05, 3.63) is 35.9 Å². The molecular weight excluding hydrogens is 375 g/mol. The van der Waals surface area contributed by atoms with Crippen molar-refractivity contribution >= 4 is 7.92 Å². The van der Waals surface area contributed by atoms with Gasteiger partial charge in [0.1, 0.15) is 0 Å². The molecule has 10 heterocycles. The molecule has 0 bridgehead atoms. The second kappa shape index (κ2) is 1.35. The maximum absolute atomic E-state index is 3.40. The van der Waals surface area contributed by atoms with E-state index in [1.54, 1.807) is 0 Å². The van der Waals surface area contributed by atoms with Crippen LogP contribution in [0.25, 0.3) is 0 Å². The predicted molar refractivity (Wildman–Crippen MR) is 107 cm³/mol. The van der Waals surface area contributed by atoms with Crippen molar-refractivity contribution in [3.63, 3.8) is 0 Å². The molecule has 11 rings (SSSR count). The Morgan fingerprint density at radius 2 is 1.19 bits per heavy atom. The van der Waals surface area contributed by atoms with E-state index in [4.69, 9.17) is 0 Å². The average Bonchev–Trinajstić information content (AvgIpc) is 3.47. The first-order valence-corrected chi connectivity index (χ1v) is 18.5. The van der Waals surface area contributed by atoms with Crippen molar-refractivity contribution in [1.29, 1.82) is 0 Å². The van der Waals surface area contributed by atoms with Gasteiger partial charge in [0.05, 0.1) is 0 Å². The van der Waals surface area contributed by atoms with Gasteiger partial charge in [0.2, 0.25) is 0 Å². The van der Waals surface area contributed by atoms with Crippen molar-refractivity contribution in [2.24, 2.45) is 0 Å². The fourth-order valence-corrected chi connectivity index (χ4v) is 114. The topological polar surface area (TPSA) is 0 Å². The Bertz CT molecular complexity index is 1390. The fraction of sp³-hybridized carbons (Fsp3) is 0.750. The van der Waals surface area contributed by atoms with Crippen molar-refractivity contribution in [3.8, 4) is 0 Å². The van der Waals surface area contributed by atoms with E-state index in [1.807, 2.05) is 5.56 Å². The molecule has 1 spiro atoms. The number of hydrogen-bond acceptors (Lipinski definition) is 0. The van der Waals surface area contributed by atoms with Gasteiger partial charge < -0.3 is 0 Å². The van der Waals surface area contributed by atoms with Gasteiger partial charge in [-0.25, -0.2) is 0 Å². The zero-order chi connectivity index (χ0) is 17.6. The summed E-state index contributed by atoms with van der Waals surface area (Å²) >= 11 is 0. The maximum atomic E-state index is 2.64. The van der Waals surface area contributed by atoms with Crippen LogP contribution in [-0.4, -0.2) is 14.4 Å². The van der Waals surface area contributed by atoms with Gasteiger partial charge in [-0.05, 0) is 0 Å². The third-order valence-corrected chi connectivity index (χ3v) is 68.4. The van der Waals surface area contributed by atoms with Crippen LogP contribution >= 0.6 is 7.92 Å². The number of benzene rings is 1. The molecule has 0 saturated carbocycles. The van der Waals surface area contributed by atoms with E-state index in [0.29, 0.717) is 10.3 Å². The molecule has 10 saturated heterocycles. The molecule has 140 valence electrons. The molecule has 26 heavy (non-hydrogen) atoms. The summed E-state index contributed by atoms with van der Waals surface area (Å²) in [5.41, 5.74) is 1.89. The summed E-state index contributed by atoms with van der Waals surface area (Å²) < 4.78 is 1.89. The Hall–Kier alpha value is 0.169. The van der Waals surface area contributed by atoms with E-state index in [1.165, 1.54) is 38.5 Å². The summed E-state index contributed by atoms with van der Waals surface area (Å²) in [5.74, 6) is 0. The SMILES string of the molecule is CC(C)(C)P(C(C)(C)C)[C]12[CH]3[CH]4[CH]5[CH]1[Fe]45321678[CH]2[CH]1[CH]6[C]7(c1ccccc1)[CH]28. The molecule has 0 aromatic heterocycles. The van der Waals surface area contributed by atoms with Gasteiger partial charge in [0.15, 0.2) is 0 Å². The first-order valence-electron chi connectivity index (χ1n) is 11.0. The van der Waals surface area contributed by atoms with Crippen molar-refractivity contribution < 1.29 is 6.51 Å². The van der Waals surface area contributed by atoms with Crippen LogP contribution in [0, 0.1) is 0 Å². The quantitative estimate of drug-likeness (QED) is 0.353. The first kappa shape index (κ1) is 12.7. The molecular formula is C24H31FeP. The Morgan fingerprint density at radius 3 is 1.58 bits per heavy atom. The van der Waals surface area contributed by atoms with Gasteiger partial charge in [-0.15, -0.1) is 0 Å². The molecule has 1 aromatic rings. The van der Waals surface area contributed by atoms with E-state index < -0.39 is 6.51 Å². The normalized spacial score (nSPS) is 86.4. The fourth-order valence-electron chi connectivity index (χ4n) is 20.5. The molecule has 2 heteroatoms. The summed E-state index contributed by atoms with van der Waals surface area (Å²) in [4.78, 5) is 11.0. The molecule has 8 atom stereocenters. The number of fused-ring (bicyclic) bond motifs is 10. The number of rotatable bonds is 2. The first-order chi connectivity index (χ1) is 11.9. The summed E-state index contributed by atoms with van der Waals surface area (Å²) in [6.45, 7) is 12.5. The minimum atomic E-state index is -3.40. The van der Waals surface area contributed by atoms with Crippen molar-refractivity contribution in [1.82, 2.24) is 0 Å². The Labute approximate surface area is 148 Å². The summed E-state index contributed by atoms with van der Waals surface area (Å²) in [7, 11) is 0.118. The third kappa shape index (κ3) is 0.195. The van der Waals surface area contributed by atoms with E-state index >= 15 is 0 Å². The van der Waals surface area contributed by atoms with Crippen LogP contribution in [0.2, 0.25) is 38.5 Å². The molecule has 0 nitrogen and oxygen atoms in total. The van der Waals surface area contributed by atoms with Gasteiger partial charge in [-0.1, -0.05) is 0 Å². The van der Waals surface area contributed by atoms with Crippen molar-refractivity contribution in [2.75, 3.05) is 0 Å². The van der Waals surface area contributed by atoms with E-state index in [-0.39, 0.29) is 7.92 Å². The minimum absolute atomic E-state index is 0.118. The summed E-state index contributed by atoms with van der Waals surface area (Å²) in [6, 6.07) is 12.2. The van der Waals surface area contributed by atoms with Gasteiger partial charge in [0, 0.05) is 0 Å². The molecule has 10 aliphatic rings. The van der Waals surface area contributed by atoms with Crippen LogP contribution in [0.4, 0.5) is 0 Å².